The number of rotatable bonds is 9. The van der Waals surface area contributed by atoms with E-state index in [1.54, 1.807) is 11.1 Å². The Labute approximate surface area is 297 Å². The summed E-state index contributed by atoms with van der Waals surface area (Å²) in [5, 5.41) is 10.9. The van der Waals surface area contributed by atoms with Crippen LogP contribution in [0.25, 0.3) is 0 Å². The van der Waals surface area contributed by atoms with Gasteiger partial charge in [0.15, 0.2) is 0 Å². The van der Waals surface area contributed by atoms with Crippen molar-refractivity contribution < 1.29 is 24.2 Å². The van der Waals surface area contributed by atoms with E-state index in [1.165, 1.54) is 0 Å². The fraction of sp³-hybridized carbons (Fsp3) is 0.773. The molecule has 0 amide bonds. The summed E-state index contributed by atoms with van der Waals surface area (Å²) in [4.78, 5) is 27.2. The summed E-state index contributed by atoms with van der Waals surface area (Å²) in [6, 6.07) is 0. The largest absolute Gasteiger partial charge is 0.465 e. The van der Waals surface area contributed by atoms with Crippen molar-refractivity contribution >= 4 is 11.9 Å². The molecule has 4 saturated carbocycles. The first kappa shape index (κ1) is 36.6. The lowest BCUT2D eigenvalue weighted by molar-refractivity contribution is -0.188. The Morgan fingerprint density at radius 3 is 1.90 bits per heavy atom. The van der Waals surface area contributed by atoms with Crippen molar-refractivity contribution in [2.24, 2.45) is 50.7 Å². The lowest BCUT2D eigenvalue weighted by Gasteiger charge is -2.59. The molecule has 0 saturated heterocycles. The zero-order valence-corrected chi connectivity index (χ0v) is 31.7. The molecule has 6 rings (SSSR count). The number of fused-ring (bicyclic) bond motifs is 6. The van der Waals surface area contributed by atoms with Gasteiger partial charge in [-0.2, -0.15) is 0 Å². The number of hydrogen-bond acceptors (Lipinski definition) is 5. The quantitative estimate of drug-likeness (QED) is 0.195. The first-order valence-electron chi connectivity index (χ1n) is 19.8. The summed E-state index contributed by atoms with van der Waals surface area (Å²) in [7, 11) is 0. The highest BCUT2D eigenvalue weighted by molar-refractivity contribution is 5.77. The molecular weight excluding hydrogens is 608 g/mol. The molecule has 1 N–H and O–H groups in total. The minimum Gasteiger partial charge on any atom is -0.465 e. The fourth-order valence-electron chi connectivity index (χ4n) is 12.7. The fourth-order valence-corrected chi connectivity index (χ4v) is 12.7. The molecule has 49 heavy (non-hydrogen) atoms. The van der Waals surface area contributed by atoms with Crippen LogP contribution in [0, 0.1) is 50.7 Å². The second-order valence-electron chi connectivity index (χ2n) is 18.9. The van der Waals surface area contributed by atoms with Crippen LogP contribution in [-0.4, -0.2) is 35.4 Å². The molecule has 0 aromatic rings. The molecule has 0 spiro atoms. The number of hydrogen-bond donors (Lipinski definition) is 1. The average molecular weight is 675 g/mol. The predicted molar refractivity (Wildman–Crippen MR) is 196 cm³/mol. The van der Waals surface area contributed by atoms with E-state index >= 15 is 0 Å². The molecule has 4 fully saturated rings. The van der Waals surface area contributed by atoms with E-state index in [9.17, 15) is 14.7 Å². The van der Waals surface area contributed by atoms with Gasteiger partial charge in [0, 0.05) is 23.2 Å². The molecule has 5 nitrogen and oxygen atoms in total. The van der Waals surface area contributed by atoms with Crippen LogP contribution in [0.5, 0.6) is 0 Å². The van der Waals surface area contributed by atoms with Gasteiger partial charge in [0.25, 0.3) is 0 Å². The zero-order valence-electron chi connectivity index (χ0n) is 31.7. The average Bonchev–Trinajstić information content (AvgIpc) is 3.04. The third-order valence-electron chi connectivity index (χ3n) is 15.6. The van der Waals surface area contributed by atoms with Crippen molar-refractivity contribution in [2.45, 2.75) is 156 Å². The van der Waals surface area contributed by atoms with Gasteiger partial charge in [-0.25, -0.2) is 0 Å². The summed E-state index contributed by atoms with van der Waals surface area (Å²) < 4.78 is 12.3. The number of ether oxygens (including phenoxy) is 2. The first-order chi connectivity index (χ1) is 23.0. The van der Waals surface area contributed by atoms with Crippen LogP contribution >= 0.6 is 0 Å². The van der Waals surface area contributed by atoms with Crippen LogP contribution < -0.4 is 0 Å². The van der Waals surface area contributed by atoms with Gasteiger partial charge in [-0.05, 0) is 126 Å². The van der Waals surface area contributed by atoms with Crippen molar-refractivity contribution in [2.75, 3.05) is 6.61 Å². The highest BCUT2D eigenvalue weighted by Crippen LogP contribution is 2.65. The lowest BCUT2D eigenvalue weighted by atomic mass is 9.45. The van der Waals surface area contributed by atoms with Crippen molar-refractivity contribution in [1.82, 2.24) is 0 Å². The Hall–Kier alpha value is -2.14. The maximum absolute atomic E-state index is 13.8. The van der Waals surface area contributed by atoms with Crippen LogP contribution in [0.3, 0.4) is 0 Å². The summed E-state index contributed by atoms with van der Waals surface area (Å²) >= 11 is 0. The first-order valence-corrected chi connectivity index (χ1v) is 19.8. The molecule has 0 aromatic heterocycles. The SMILES string of the molecule is C=CC1(C)C=C2CCC3C(C)(OC(=O)CC(O)CCOC(=O)C4(C)CCCC5(C)C6CCC(C)(C=C)C=C6CCC45)CCCC3(C)C2CC1. The second kappa shape index (κ2) is 13.1. The molecular formula is C44H66O5. The highest BCUT2D eigenvalue weighted by atomic mass is 16.6. The van der Waals surface area contributed by atoms with E-state index in [1.807, 2.05) is 0 Å². The molecule has 0 aliphatic heterocycles. The molecule has 11 atom stereocenters. The van der Waals surface area contributed by atoms with Gasteiger partial charge in [0.05, 0.1) is 24.5 Å². The van der Waals surface area contributed by atoms with E-state index in [4.69, 9.17) is 9.47 Å². The van der Waals surface area contributed by atoms with E-state index in [0.29, 0.717) is 17.8 Å². The van der Waals surface area contributed by atoms with Crippen LogP contribution in [0.15, 0.2) is 48.6 Å². The lowest BCUT2D eigenvalue weighted by Crippen LogP contribution is -2.56. The number of esters is 2. The molecule has 0 aromatic carbocycles. The number of carbonyl (C=O) groups excluding carboxylic acids is 2. The van der Waals surface area contributed by atoms with Gasteiger partial charge < -0.3 is 14.6 Å². The van der Waals surface area contributed by atoms with Crippen molar-refractivity contribution in [3.05, 3.63) is 48.6 Å². The maximum Gasteiger partial charge on any atom is 0.312 e. The van der Waals surface area contributed by atoms with E-state index in [-0.39, 0.29) is 59.0 Å². The van der Waals surface area contributed by atoms with Crippen LogP contribution in [0.2, 0.25) is 0 Å². The Kier molecular flexibility index (Phi) is 9.81. The predicted octanol–water partition coefficient (Wildman–Crippen LogP) is 10.2. The highest BCUT2D eigenvalue weighted by Gasteiger charge is 2.59. The monoisotopic (exact) mass is 674 g/mol. The number of aliphatic hydroxyl groups excluding tert-OH is 1. The summed E-state index contributed by atoms with van der Waals surface area (Å²) in [5.41, 5.74) is 2.46. The Bertz CT molecular complexity index is 1390. The molecule has 6 aliphatic rings. The molecule has 5 heteroatoms. The maximum atomic E-state index is 13.8. The molecule has 6 aliphatic carbocycles. The standard InChI is InChI=1S/C44H66O5/c1-9-39(3)24-17-33-30(28-39)13-15-35-41(33,5)20-11-22-43(35,7)38(47)48-26-19-32(45)27-37(46)49-44(8)23-12-21-42(6)34-18-25-40(4,10-2)29-31(34)14-16-36(42)44/h9-10,28-29,32-36,45H,1-2,11-27H2,3-8H3. The van der Waals surface area contributed by atoms with Gasteiger partial charge in [0.1, 0.15) is 5.60 Å². The van der Waals surface area contributed by atoms with Crippen molar-refractivity contribution in [1.29, 1.82) is 0 Å². The molecule has 0 heterocycles. The van der Waals surface area contributed by atoms with Gasteiger partial charge >= 0.3 is 11.9 Å². The van der Waals surface area contributed by atoms with Gasteiger partial charge in [-0.15, -0.1) is 13.2 Å². The minimum absolute atomic E-state index is 0.0682. The second-order valence-corrected chi connectivity index (χ2v) is 18.9. The van der Waals surface area contributed by atoms with Gasteiger partial charge in [0.2, 0.25) is 0 Å². The molecule has 272 valence electrons. The van der Waals surface area contributed by atoms with Crippen LogP contribution in [-0.2, 0) is 19.1 Å². The van der Waals surface area contributed by atoms with Gasteiger partial charge in [-0.3, -0.25) is 9.59 Å². The third kappa shape index (κ3) is 6.46. The Morgan fingerprint density at radius 2 is 1.33 bits per heavy atom. The normalized spacial score (nSPS) is 45.1. The smallest absolute Gasteiger partial charge is 0.312 e. The third-order valence-corrected chi connectivity index (χ3v) is 15.6. The van der Waals surface area contributed by atoms with Gasteiger partial charge in [-0.1, -0.05) is 69.6 Å². The van der Waals surface area contributed by atoms with Crippen LogP contribution in [0.4, 0.5) is 0 Å². The number of aliphatic hydroxyl groups is 1. The topological polar surface area (TPSA) is 72.8 Å². The van der Waals surface area contributed by atoms with Crippen molar-refractivity contribution in [3.63, 3.8) is 0 Å². The molecule has 11 unspecified atom stereocenters. The zero-order chi connectivity index (χ0) is 35.5. The Balaban J connectivity index is 1.02. The number of allylic oxidation sites excluding steroid dienone is 6. The van der Waals surface area contributed by atoms with E-state index < -0.39 is 17.1 Å². The summed E-state index contributed by atoms with van der Waals surface area (Å²) in [6.07, 6.45) is 23.3. The van der Waals surface area contributed by atoms with E-state index in [0.717, 1.165) is 89.9 Å². The van der Waals surface area contributed by atoms with Crippen molar-refractivity contribution in [3.8, 4) is 0 Å². The Morgan fingerprint density at radius 1 is 0.796 bits per heavy atom. The van der Waals surface area contributed by atoms with Crippen LogP contribution in [0.1, 0.15) is 144 Å². The van der Waals surface area contributed by atoms with E-state index in [2.05, 4.69) is 79.0 Å². The molecule has 0 bridgehead atoms. The number of carbonyl (C=O) groups is 2. The summed E-state index contributed by atoms with van der Waals surface area (Å²) in [5.74, 6) is 1.17. The summed E-state index contributed by atoms with van der Waals surface area (Å²) in [6.45, 7) is 22.1. The molecule has 0 radical (unpaired) electrons. The minimum atomic E-state index is -0.900.